The van der Waals surface area contributed by atoms with Crippen LogP contribution in [-0.2, 0) is 0 Å². The maximum absolute atomic E-state index is 10.6. The van der Waals surface area contributed by atoms with Crippen LogP contribution in [0.25, 0.3) is 5.65 Å². The van der Waals surface area contributed by atoms with Crippen LogP contribution in [0.15, 0.2) is 24.4 Å². The third kappa shape index (κ3) is 1.13. The number of nitro groups is 1. The minimum atomic E-state index is -0.553. The number of pyridine rings is 1. The van der Waals surface area contributed by atoms with Gasteiger partial charge < -0.3 is 10.1 Å². The summed E-state index contributed by atoms with van der Waals surface area (Å²) in [5.74, 6) is -0.197. The average Bonchev–Trinajstić information content (AvgIpc) is 2.39. The number of halogens is 1. The number of hydrogen-bond acceptors (Lipinski definition) is 3. The van der Waals surface area contributed by atoms with Gasteiger partial charge in [-0.15, -0.1) is 0 Å². The highest BCUT2D eigenvalue weighted by Gasteiger charge is 2.19. The molecular formula is C7H4ClN3O2. The smallest absolute Gasteiger partial charge is 0.358 e. The van der Waals surface area contributed by atoms with Gasteiger partial charge in [0.1, 0.15) is 0 Å². The first-order valence-corrected chi connectivity index (χ1v) is 3.85. The van der Waals surface area contributed by atoms with Crippen molar-refractivity contribution in [1.29, 1.82) is 0 Å². The van der Waals surface area contributed by atoms with E-state index >= 15 is 0 Å². The summed E-state index contributed by atoms with van der Waals surface area (Å²) >= 11 is 5.59. The van der Waals surface area contributed by atoms with Crippen molar-refractivity contribution in [1.82, 2.24) is 9.38 Å². The van der Waals surface area contributed by atoms with Crippen LogP contribution in [0.2, 0.25) is 5.15 Å². The summed E-state index contributed by atoms with van der Waals surface area (Å²) in [7, 11) is 0. The molecule has 2 aromatic heterocycles. The first-order valence-electron chi connectivity index (χ1n) is 3.47. The van der Waals surface area contributed by atoms with E-state index in [4.69, 9.17) is 11.6 Å². The van der Waals surface area contributed by atoms with Gasteiger partial charge in [-0.3, -0.25) is 0 Å². The van der Waals surface area contributed by atoms with E-state index in [1.165, 1.54) is 4.40 Å². The van der Waals surface area contributed by atoms with Gasteiger partial charge >= 0.3 is 5.82 Å². The molecule has 0 saturated carbocycles. The molecule has 66 valence electrons. The van der Waals surface area contributed by atoms with Gasteiger partial charge in [0, 0.05) is 6.07 Å². The van der Waals surface area contributed by atoms with Gasteiger partial charge in [-0.1, -0.05) is 17.7 Å². The van der Waals surface area contributed by atoms with Crippen LogP contribution in [-0.4, -0.2) is 14.3 Å². The zero-order valence-corrected chi connectivity index (χ0v) is 7.10. The Balaban J connectivity index is 2.86. The lowest BCUT2D eigenvalue weighted by Crippen LogP contribution is -1.93. The van der Waals surface area contributed by atoms with E-state index in [-0.39, 0.29) is 11.0 Å². The number of fused-ring (bicyclic) bond motifs is 1. The van der Waals surface area contributed by atoms with Crippen LogP contribution in [0.3, 0.4) is 0 Å². The second-order valence-electron chi connectivity index (χ2n) is 2.41. The lowest BCUT2D eigenvalue weighted by molar-refractivity contribution is -0.390. The number of imidazole rings is 1. The molecule has 0 aliphatic heterocycles. The maximum Gasteiger partial charge on any atom is 0.367 e. The summed E-state index contributed by atoms with van der Waals surface area (Å²) in [6, 6.07) is 5.07. The number of rotatable bonds is 1. The Morgan fingerprint density at radius 2 is 2.31 bits per heavy atom. The Bertz CT molecular complexity index is 480. The highest BCUT2D eigenvalue weighted by Crippen LogP contribution is 2.24. The first-order chi connectivity index (χ1) is 6.20. The Hall–Kier alpha value is -1.62. The largest absolute Gasteiger partial charge is 0.367 e. The molecular weight excluding hydrogens is 194 g/mol. The zero-order chi connectivity index (χ0) is 9.42. The van der Waals surface area contributed by atoms with Gasteiger partial charge in [-0.05, 0) is 11.0 Å². The highest BCUT2D eigenvalue weighted by molar-refractivity contribution is 6.31. The molecule has 0 aliphatic carbocycles. The zero-order valence-electron chi connectivity index (χ0n) is 6.35. The van der Waals surface area contributed by atoms with E-state index in [1.807, 2.05) is 0 Å². The van der Waals surface area contributed by atoms with Gasteiger partial charge in [-0.25, -0.2) is 0 Å². The molecule has 6 heteroatoms. The quantitative estimate of drug-likeness (QED) is 0.518. The Morgan fingerprint density at radius 1 is 1.54 bits per heavy atom. The Kier molecular flexibility index (Phi) is 1.66. The van der Waals surface area contributed by atoms with E-state index in [9.17, 15) is 10.1 Å². The van der Waals surface area contributed by atoms with Crippen molar-refractivity contribution in [3.8, 4) is 0 Å². The molecule has 0 saturated heterocycles. The van der Waals surface area contributed by atoms with Crippen LogP contribution in [0.5, 0.6) is 0 Å². The molecule has 13 heavy (non-hydrogen) atoms. The lowest BCUT2D eigenvalue weighted by atomic mass is 10.5. The van der Waals surface area contributed by atoms with Crippen molar-refractivity contribution in [3.63, 3.8) is 0 Å². The van der Waals surface area contributed by atoms with Crippen molar-refractivity contribution in [3.05, 3.63) is 39.7 Å². The Labute approximate surface area is 77.7 Å². The third-order valence-electron chi connectivity index (χ3n) is 1.64. The summed E-state index contributed by atoms with van der Waals surface area (Å²) in [5, 5.41) is 10.5. The number of nitrogens with zero attached hydrogens (tertiary/aromatic N) is 3. The second kappa shape index (κ2) is 2.70. The molecule has 0 amide bonds. The van der Waals surface area contributed by atoms with Gasteiger partial charge in [0.2, 0.25) is 10.8 Å². The normalized spacial score (nSPS) is 10.5. The highest BCUT2D eigenvalue weighted by atomic mass is 35.5. The molecule has 0 aliphatic rings. The van der Waals surface area contributed by atoms with Gasteiger partial charge in [-0.2, -0.15) is 9.38 Å². The fourth-order valence-corrected chi connectivity index (χ4v) is 1.36. The minimum absolute atomic E-state index is 0.0869. The molecule has 0 bridgehead atoms. The summed E-state index contributed by atoms with van der Waals surface area (Å²) < 4.78 is 1.34. The molecule has 0 atom stereocenters. The van der Waals surface area contributed by atoms with Gasteiger partial charge in [0.25, 0.3) is 0 Å². The lowest BCUT2D eigenvalue weighted by Gasteiger charge is -1.91. The minimum Gasteiger partial charge on any atom is -0.358 e. The van der Waals surface area contributed by atoms with Gasteiger partial charge in [0.05, 0.1) is 6.20 Å². The molecule has 0 aromatic carbocycles. The summed E-state index contributed by atoms with van der Waals surface area (Å²) in [4.78, 5) is 13.8. The van der Waals surface area contributed by atoms with Crippen LogP contribution in [0.4, 0.5) is 5.82 Å². The third-order valence-corrected chi connectivity index (χ3v) is 1.89. The van der Waals surface area contributed by atoms with Crippen LogP contribution in [0.1, 0.15) is 0 Å². The molecule has 0 unspecified atom stereocenters. The topological polar surface area (TPSA) is 60.4 Å². The SMILES string of the molecule is O=[N+]([O-])c1c(Cl)nc2ccccn12. The number of hydrogen-bond donors (Lipinski definition) is 0. The number of aromatic nitrogens is 2. The van der Waals surface area contributed by atoms with E-state index in [1.54, 1.807) is 24.4 Å². The van der Waals surface area contributed by atoms with Crippen LogP contribution in [0, 0.1) is 10.1 Å². The molecule has 2 rings (SSSR count). The second-order valence-corrected chi connectivity index (χ2v) is 2.77. The molecule has 0 radical (unpaired) electrons. The standard InChI is InChI=1S/C7H4ClN3O2/c8-6-7(11(12)13)10-4-2-1-3-5(10)9-6/h1-4H. The van der Waals surface area contributed by atoms with Crippen LogP contribution >= 0.6 is 11.6 Å². The monoisotopic (exact) mass is 197 g/mol. The fourth-order valence-electron chi connectivity index (χ4n) is 1.12. The van der Waals surface area contributed by atoms with E-state index in [2.05, 4.69) is 4.98 Å². The van der Waals surface area contributed by atoms with Crippen molar-refractivity contribution in [2.75, 3.05) is 0 Å². The molecule has 0 fully saturated rings. The molecule has 2 aromatic rings. The van der Waals surface area contributed by atoms with Crippen molar-refractivity contribution >= 4 is 23.1 Å². The maximum atomic E-state index is 10.6. The predicted molar refractivity (Wildman–Crippen MR) is 46.9 cm³/mol. The van der Waals surface area contributed by atoms with Crippen LogP contribution < -0.4 is 0 Å². The fraction of sp³-hybridized carbons (Fsp3) is 0. The van der Waals surface area contributed by atoms with E-state index in [0.717, 1.165) is 0 Å². The molecule has 5 nitrogen and oxygen atoms in total. The molecule has 0 N–H and O–H groups in total. The first kappa shape index (κ1) is 8.00. The summed E-state index contributed by atoms with van der Waals surface area (Å²) in [6.45, 7) is 0. The van der Waals surface area contributed by atoms with Crippen molar-refractivity contribution < 1.29 is 4.92 Å². The van der Waals surface area contributed by atoms with Gasteiger partial charge in [0.15, 0.2) is 0 Å². The molecule has 2 heterocycles. The molecule has 0 spiro atoms. The van der Waals surface area contributed by atoms with E-state index in [0.29, 0.717) is 5.65 Å². The van der Waals surface area contributed by atoms with Crippen molar-refractivity contribution in [2.24, 2.45) is 0 Å². The average molecular weight is 198 g/mol. The van der Waals surface area contributed by atoms with Crippen molar-refractivity contribution in [2.45, 2.75) is 0 Å². The predicted octanol–water partition coefficient (Wildman–Crippen LogP) is 1.90. The summed E-state index contributed by atoms with van der Waals surface area (Å²) in [5.41, 5.74) is 0.471. The summed E-state index contributed by atoms with van der Waals surface area (Å²) in [6.07, 6.45) is 1.55. The van der Waals surface area contributed by atoms with E-state index < -0.39 is 4.92 Å². The Morgan fingerprint density at radius 3 is 3.00 bits per heavy atom.